The molecule has 2 N–H and O–H groups in total. The molecule has 11 nitrogen and oxygen atoms in total. The Labute approximate surface area is 432 Å². The van der Waals surface area contributed by atoms with Gasteiger partial charge in [-0.15, -0.1) is 0 Å². The van der Waals surface area contributed by atoms with Crippen molar-refractivity contribution in [3.8, 4) is 34.4 Å². The third-order valence-electron chi connectivity index (χ3n) is 8.89. The third kappa shape index (κ3) is 14.0. The number of hydrogen-bond donors (Lipinski definition) is 1. The minimum absolute atomic E-state index is 0. The van der Waals surface area contributed by atoms with Crippen molar-refractivity contribution in [2.45, 2.75) is 39.4 Å². The van der Waals surface area contributed by atoms with Crippen LogP contribution < -0.4 is 73.7 Å². The molecule has 0 amide bonds. The maximum atomic E-state index is 13.1. The van der Waals surface area contributed by atoms with E-state index < -0.39 is 47.6 Å². The van der Waals surface area contributed by atoms with E-state index in [1.54, 1.807) is 48.5 Å². The molecule has 340 valence electrons. The molecule has 0 spiro atoms. The summed E-state index contributed by atoms with van der Waals surface area (Å²) in [4.78, 5) is 32.3. The zero-order chi connectivity index (χ0) is 44.3. The number of halogens is 8. The summed E-state index contributed by atoms with van der Waals surface area (Å²) in [6.45, 7) is 0. The molecule has 6 aromatic carbocycles. The first kappa shape index (κ1) is 58.0. The minimum atomic E-state index is -4.64. The van der Waals surface area contributed by atoms with Gasteiger partial charge in [-0.25, -0.2) is 14.8 Å². The van der Waals surface area contributed by atoms with Crippen LogP contribution >= 0.6 is 23.2 Å². The minimum Gasteiger partial charge on any atom is -0.870 e. The standard InChI is InChI=1S/2C22H13ClF3NO4.2CH4.2Na.H2O/c2*23-14-8-9-17(15(11-14)20-27-16-6-1-2-7-18(16)31-20)30-19(21(28)29)12-4-3-5-13(10-12)22(24,25)26;;;;;/h2*1-11,19H,(H,28,29);2*1H4;;;1H2/q;;;;2*+1;/p-2. The van der Waals surface area contributed by atoms with E-state index in [1.165, 1.54) is 48.5 Å². The Balaban J connectivity index is 0.000000428. The first-order valence-corrected chi connectivity index (χ1v) is 18.6. The van der Waals surface area contributed by atoms with Gasteiger partial charge in [0.1, 0.15) is 22.5 Å². The van der Waals surface area contributed by atoms with Crippen molar-refractivity contribution < 1.29 is 129 Å². The molecule has 0 aliphatic carbocycles. The molecule has 8 aromatic rings. The van der Waals surface area contributed by atoms with Gasteiger partial charge in [-0.1, -0.05) is 86.6 Å². The molecule has 0 aliphatic heterocycles. The number of fused-ring (bicyclic) bond motifs is 2. The number of ether oxygens (including phenoxy) is 2. The van der Waals surface area contributed by atoms with Crippen molar-refractivity contribution >= 4 is 57.3 Å². The Morgan fingerprint density at radius 3 is 1.34 bits per heavy atom. The van der Waals surface area contributed by atoms with Gasteiger partial charge in [0.15, 0.2) is 17.3 Å². The molecule has 0 aliphatic rings. The summed E-state index contributed by atoms with van der Waals surface area (Å²) in [5.74, 6) is -2.88. The molecule has 0 saturated heterocycles. The van der Waals surface area contributed by atoms with Gasteiger partial charge < -0.3 is 38.8 Å². The summed E-state index contributed by atoms with van der Waals surface area (Å²) in [5, 5.41) is 22.0. The second kappa shape index (κ2) is 24.3. The Bertz CT molecular complexity index is 2690. The number of alkyl halides is 6. The quantitative estimate of drug-likeness (QED) is 0.117. The van der Waals surface area contributed by atoms with Crippen LogP contribution in [-0.2, 0) is 21.9 Å². The van der Waals surface area contributed by atoms with Crippen LogP contribution in [0.4, 0.5) is 26.3 Å². The summed E-state index contributed by atoms with van der Waals surface area (Å²) in [7, 11) is 0. The van der Waals surface area contributed by atoms with Crippen LogP contribution in [0.25, 0.3) is 45.1 Å². The average molecular weight is 990 g/mol. The fourth-order valence-corrected chi connectivity index (χ4v) is 6.39. The van der Waals surface area contributed by atoms with Crippen LogP contribution in [0.3, 0.4) is 0 Å². The van der Waals surface area contributed by atoms with Gasteiger partial charge in [-0.05, 0) is 90.5 Å². The number of aliphatic carboxylic acids is 2. The summed E-state index contributed by atoms with van der Waals surface area (Å²) in [6, 6.07) is 30.4. The predicted molar refractivity (Wildman–Crippen MR) is 227 cm³/mol. The number of carboxylic acids is 2. The van der Waals surface area contributed by atoms with Crippen LogP contribution in [0.15, 0.2) is 142 Å². The van der Waals surface area contributed by atoms with E-state index in [4.69, 9.17) is 41.5 Å². The molecule has 0 bridgehead atoms. The normalized spacial score (nSPS) is 11.7. The van der Waals surface area contributed by atoms with Crippen LogP contribution in [0.2, 0.25) is 10.0 Å². The Morgan fingerprint density at radius 1 is 0.582 bits per heavy atom. The monoisotopic (exact) mass is 988 g/mol. The van der Waals surface area contributed by atoms with Crippen LogP contribution in [0.5, 0.6) is 11.5 Å². The van der Waals surface area contributed by atoms with Gasteiger partial charge in [-0.2, -0.15) is 26.3 Å². The zero-order valence-electron chi connectivity index (χ0n) is 33.5. The van der Waals surface area contributed by atoms with Gasteiger partial charge in [0, 0.05) is 15.6 Å². The molecule has 21 heteroatoms. The number of para-hydroxylation sites is 4. The number of carbonyl (C=O) groups is 2. The summed E-state index contributed by atoms with van der Waals surface area (Å²) >= 11 is 12.2. The van der Waals surface area contributed by atoms with Crippen molar-refractivity contribution in [1.29, 1.82) is 0 Å². The van der Waals surface area contributed by atoms with Gasteiger partial charge in [-0.3, -0.25) is 0 Å². The van der Waals surface area contributed by atoms with Crippen LogP contribution in [-0.4, -0.2) is 32.5 Å². The average Bonchev–Trinajstić information content (AvgIpc) is 3.87. The third-order valence-corrected chi connectivity index (χ3v) is 9.36. The molecule has 2 heterocycles. The van der Waals surface area contributed by atoms with Crippen molar-refractivity contribution in [2.24, 2.45) is 0 Å². The fourth-order valence-electron chi connectivity index (χ4n) is 6.04. The summed E-state index contributed by atoms with van der Waals surface area (Å²) < 4.78 is 101. The number of hydrogen-bond acceptors (Lipinski definition) is 10. The maximum absolute atomic E-state index is 13.1. The van der Waals surface area contributed by atoms with E-state index >= 15 is 0 Å². The first-order valence-electron chi connectivity index (χ1n) is 17.9. The topological polar surface area (TPSA) is 178 Å². The fraction of sp³-hybridized carbons (Fsp3) is 0.130. The van der Waals surface area contributed by atoms with Gasteiger partial charge >= 0.3 is 77.4 Å². The number of rotatable bonds is 10. The Kier molecular flexibility index (Phi) is 21.0. The molecule has 8 rings (SSSR count). The smallest absolute Gasteiger partial charge is 0.870 e. The predicted octanol–water partition coefficient (Wildman–Crippen LogP) is 6.51. The van der Waals surface area contributed by atoms with Crippen molar-refractivity contribution in [3.05, 3.63) is 166 Å². The maximum Gasteiger partial charge on any atom is 1.00 e. The molecular formula is C46H34Cl2F6N2Na2O9. The van der Waals surface area contributed by atoms with Crippen LogP contribution in [0, 0.1) is 0 Å². The summed E-state index contributed by atoms with van der Waals surface area (Å²) in [5.41, 5.74) is 0.228. The zero-order valence-corrected chi connectivity index (χ0v) is 39.0. The Morgan fingerprint density at radius 2 is 0.970 bits per heavy atom. The second-order valence-corrected chi connectivity index (χ2v) is 14.0. The number of carboxylic acid groups (broad SMARTS) is 2. The van der Waals surface area contributed by atoms with E-state index in [9.17, 15) is 46.1 Å². The number of aromatic nitrogens is 2. The van der Waals surface area contributed by atoms with E-state index in [0.29, 0.717) is 38.3 Å². The molecule has 2 aromatic heterocycles. The van der Waals surface area contributed by atoms with E-state index in [1.807, 2.05) is 0 Å². The molecular weight excluding hydrogens is 955 g/mol. The molecule has 0 saturated carbocycles. The van der Waals surface area contributed by atoms with Crippen molar-refractivity contribution in [1.82, 2.24) is 9.97 Å². The molecule has 67 heavy (non-hydrogen) atoms. The molecule has 2 atom stereocenters. The van der Waals surface area contributed by atoms with E-state index in [0.717, 1.165) is 30.3 Å². The van der Waals surface area contributed by atoms with Gasteiger partial charge in [0.25, 0.3) is 0 Å². The Hall–Kier alpha value is -5.08. The molecule has 0 fully saturated rings. The van der Waals surface area contributed by atoms with E-state index in [-0.39, 0.29) is 125 Å². The largest absolute Gasteiger partial charge is 1.00 e. The van der Waals surface area contributed by atoms with Crippen LogP contribution in [0.1, 0.15) is 49.3 Å². The van der Waals surface area contributed by atoms with E-state index in [2.05, 4.69) is 9.97 Å². The number of oxazole rings is 2. The molecule has 0 radical (unpaired) electrons. The summed E-state index contributed by atoms with van der Waals surface area (Å²) in [6.07, 6.45) is -12.8. The number of benzene rings is 6. The number of nitrogens with zero attached hydrogens (tertiary/aromatic N) is 2. The number of carbonyl (C=O) groups excluding carboxylic acids is 1. The van der Waals surface area contributed by atoms with Gasteiger partial charge in [0.05, 0.1) is 28.2 Å². The second-order valence-electron chi connectivity index (χ2n) is 13.2. The first-order chi connectivity index (χ1) is 29.4. The SMILES string of the molecule is C.C.O=C(O)C(Oc1ccc(Cl)cc1-c1nc2ccccc2o1)c1cccc(C(F)(F)F)c1.O=C([O-])C(Oc1ccc(Cl)cc1-c1nc2ccccc2o1)c1cccc(C(F)(F)F)c1.[Na+].[Na+].[OH-]. The van der Waals surface area contributed by atoms with Gasteiger partial charge in [0.2, 0.25) is 17.9 Å². The van der Waals surface area contributed by atoms with Crippen molar-refractivity contribution in [2.75, 3.05) is 0 Å². The molecule has 2 unspecified atom stereocenters. The van der Waals surface area contributed by atoms with Crippen molar-refractivity contribution in [3.63, 3.8) is 0 Å².